The molecular formula is C13H28N2S. The van der Waals surface area contributed by atoms with E-state index in [4.69, 9.17) is 0 Å². The third-order valence-electron chi connectivity index (χ3n) is 3.35. The Morgan fingerprint density at radius 3 is 2.69 bits per heavy atom. The monoisotopic (exact) mass is 244 g/mol. The lowest BCUT2D eigenvalue weighted by Gasteiger charge is -2.46. The molecule has 0 radical (unpaired) electrons. The minimum atomic E-state index is 0.280. The van der Waals surface area contributed by atoms with Crippen molar-refractivity contribution in [2.24, 2.45) is 5.92 Å². The van der Waals surface area contributed by atoms with Gasteiger partial charge in [0.2, 0.25) is 0 Å². The highest BCUT2D eigenvalue weighted by atomic mass is 32.2. The maximum Gasteiger partial charge on any atom is 0.0252 e. The van der Waals surface area contributed by atoms with Gasteiger partial charge >= 0.3 is 0 Å². The summed E-state index contributed by atoms with van der Waals surface area (Å²) in [7, 11) is 0. The predicted molar refractivity (Wildman–Crippen MR) is 75.3 cm³/mol. The normalized spacial score (nSPS) is 26.2. The quantitative estimate of drug-likeness (QED) is 0.748. The standard InChI is InChI=1S/C13H28N2S/c1-6-16-8-7-15-10-13(4,5)14-9-12(15)11(2)3/h11-12,14H,6-10H2,1-5H3. The molecule has 0 aromatic rings. The molecule has 0 aromatic heterocycles. The van der Waals surface area contributed by atoms with Gasteiger partial charge < -0.3 is 5.32 Å². The molecule has 2 nitrogen and oxygen atoms in total. The Morgan fingerprint density at radius 2 is 2.12 bits per heavy atom. The van der Waals surface area contributed by atoms with Crippen LogP contribution in [0.1, 0.15) is 34.6 Å². The van der Waals surface area contributed by atoms with Crippen molar-refractivity contribution < 1.29 is 0 Å². The van der Waals surface area contributed by atoms with Gasteiger partial charge in [-0.3, -0.25) is 4.90 Å². The number of rotatable bonds is 5. The number of hydrogen-bond donors (Lipinski definition) is 1. The lowest BCUT2D eigenvalue weighted by Crippen LogP contribution is -2.63. The molecule has 1 rings (SSSR count). The third kappa shape index (κ3) is 4.27. The van der Waals surface area contributed by atoms with Crippen molar-refractivity contribution in [1.29, 1.82) is 0 Å². The maximum absolute atomic E-state index is 3.66. The number of piperazine rings is 1. The van der Waals surface area contributed by atoms with Crippen molar-refractivity contribution in [3.63, 3.8) is 0 Å². The number of nitrogens with zero attached hydrogens (tertiary/aromatic N) is 1. The lowest BCUT2D eigenvalue weighted by atomic mass is 9.93. The van der Waals surface area contributed by atoms with E-state index in [9.17, 15) is 0 Å². The van der Waals surface area contributed by atoms with Crippen LogP contribution in [0.5, 0.6) is 0 Å². The second-order valence-corrected chi connectivity index (χ2v) is 7.14. The van der Waals surface area contributed by atoms with Crippen LogP contribution in [0, 0.1) is 5.92 Å². The summed E-state index contributed by atoms with van der Waals surface area (Å²) in [6.45, 7) is 15.1. The highest BCUT2D eigenvalue weighted by Crippen LogP contribution is 2.20. The Balaban J connectivity index is 2.50. The largest absolute Gasteiger partial charge is 0.309 e. The first kappa shape index (κ1) is 14.3. The van der Waals surface area contributed by atoms with Crippen LogP contribution in [0.3, 0.4) is 0 Å². The van der Waals surface area contributed by atoms with Gasteiger partial charge in [0.05, 0.1) is 0 Å². The molecule has 0 aromatic carbocycles. The van der Waals surface area contributed by atoms with E-state index in [-0.39, 0.29) is 5.54 Å². The van der Waals surface area contributed by atoms with E-state index in [1.54, 1.807) is 0 Å². The molecule has 1 heterocycles. The first-order valence-corrected chi connectivity index (χ1v) is 7.68. The van der Waals surface area contributed by atoms with Crippen LogP contribution in [0.15, 0.2) is 0 Å². The molecule has 0 saturated carbocycles. The van der Waals surface area contributed by atoms with E-state index in [0.717, 1.165) is 12.5 Å². The minimum absolute atomic E-state index is 0.280. The average Bonchev–Trinajstić information content (AvgIpc) is 2.16. The van der Waals surface area contributed by atoms with E-state index in [1.165, 1.54) is 24.6 Å². The first-order chi connectivity index (χ1) is 7.46. The molecule has 1 atom stereocenters. The van der Waals surface area contributed by atoms with Gasteiger partial charge in [0.1, 0.15) is 0 Å². The highest BCUT2D eigenvalue weighted by Gasteiger charge is 2.33. The van der Waals surface area contributed by atoms with Gasteiger partial charge in [0.25, 0.3) is 0 Å². The van der Waals surface area contributed by atoms with E-state index in [0.29, 0.717) is 6.04 Å². The number of hydrogen-bond acceptors (Lipinski definition) is 3. The molecule has 1 fully saturated rings. The zero-order valence-electron chi connectivity index (χ0n) is 11.5. The van der Waals surface area contributed by atoms with Crippen molar-refractivity contribution in [2.75, 3.05) is 31.1 Å². The zero-order chi connectivity index (χ0) is 12.2. The molecule has 0 amide bonds. The SMILES string of the molecule is CCSCCN1CC(C)(C)NCC1C(C)C. The molecular weight excluding hydrogens is 216 g/mol. The van der Waals surface area contributed by atoms with Crippen molar-refractivity contribution in [1.82, 2.24) is 10.2 Å². The smallest absolute Gasteiger partial charge is 0.0252 e. The fourth-order valence-corrected chi connectivity index (χ4v) is 3.07. The lowest BCUT2D eigenvalue weighted by molar-refractivity contribution is 0.0756. The Bertz CT molecular complexity index is 204. The Hall–Kier alpha value is 0.270. The maximum atomic E-state index is 3.66. The summed E-state index contributed by atoms with van der Waals surface area (Å²) in [5.41, 5.74) is 0.280. The van der Waals surface area contributed by atoms with Crippen molar-refractivity contribution in [2.45, 2.75) is 46.2 Å². The van der Waals surface area contributed by atoms with Crippen LogP contribution >= 0.6 is 11.8 Å². The van der Waals surface area contributed by atoms with Crippen molar-refractivity contribution in [3.8, 4) is 0 Å². The van der Waals surface area contributed by atoms with Crippen LogP contribution in [0.2, 0.25) is 0 Å². The fourth-order valence-electron chi connectivity index (χ4n) is 2.42. The third-order valence-corrected chi connectivity index (χ3v) is 4.23. The van der Waals surface area contributed by atoms with Gasteiger partial charge in [-0.05, 0) is 25.5 Å². The highest BCUT2D eigenvalue weighted by molar-refractivity contribution is 7.99. The van der Waals surface area contributed by atoms with Crippen LogP contribution in [-0.2, 0) is 0 Å². The molecule has 16 heavy (non-hydrogen) atoms. The Kier molecular flexibility index (Phi) is 5.62. The molecule has 0 spiro atoms. The molecule has 1 unspecified atom stereocenters. The number of nitrogens with one attached hydrogen (secondary N) is 1. The topological polar surface area (TPSA) is 15.3 Å². The van der Waals surface area contributed by atoms with E-state index in [1.807, 2.05) is 0 Å². The van der Waals surface area contributed by atoms with Crippen LogP contribution in [0.25, 0.3) is 0 Å². The molecule has 1 N–H and O–H groups in total. The van der Waals surface area contributed by atoms with Crippen molar-refractivity contribution in [3.05, 3.63) is 0 Å². The molecule has 3 heteroatoms. The summed E-state index contributed by atoms with van der Waals surface area (Å²) < 4.78 is 0. The van der Waals surface area contributed by atoms with Gasteiger partial charge in [0.15, 0.2) is 0 Å². The summed E-state index contributed by atoms with van der Waals surface area (Å²) >= 11 is 2.05. The van der Waals surface area contributed by atoms with Gasteiger partial charge in [-0.2, -0.15) is 11.8 Å². The van der Waals surface area contributed by atoms with Gasteiger partial charge in [-0.1, -0.05) is 20.8 Å². The average molecular weight is 244 g/mol. The summed E-state index contributed by atoms with van der Waals surface area (Å²) in [4.78, 5) is 2.68. The fraction of sp³-hybridized carbons (Fsp3) is 1.00. The summed E-state index contributed by atoms with van der Waals surface area (Å²) in [5.74, 6) is 3.26. The van der Waals surface area contributed by atoms with E-state index < -0.39 is 0 Å². The van der Waals surface area contributed by atoms with Crippen LogP contribution in [0.4, 0.5) is 0 Å². The first-order valence-electron chi connectivity index (χ1n) is 6.53. The molecule has 1 aliphatic heterocycles. The van der Waals surface area contributed by atoms with Crippen LogP contribution < -0.4 is 5.32 Å². The molecule has 96 valence electrons. The predicted octanol–water partition coefficient (Wildman–Crippen LogP) is 2.45. The van der Waals surface area contributed by atoms with Gasteiger partial charge in [-0.25, -0.2) is 0 Å². The molecule has 0 bridgehead atoms. The van der Waals surface area contributed by atoms with Gasteiger partial charge in [-0.15, -0.1) is 0 Å². The second-order valence-electron chi connectivity index (χ2n) is 5.74. The van der Waals surface area contributed by atoms with Crippen LogP contribution in [-0.4, -0.2) is 47.6 Å². The molecule has 1 saturated heterocycles. The molecule has 0 aliphatic carbocycles. The Labute approximate surface area is 106 Å². The van der Waals surface area contributed by atoms with E-state index in [2.05, 4.69) is 56.6 Å². The number of thioether (sulfide) groups is 1. The summed E-state index contributed by atoms with van der Waals surface area (Å²) in [6.07, 6.45) is 0. The van der Waals surface area contributed by atoms with E-state index >= 15 is 0 Å². The second kappa shape index (κ2) is 6.27. The Morgan fingerprint density at radius 1 is 1.44 bits per heavy atom. The van der Waals surface area contributed by atoms with Gasteiger partial charge in [0, 0.05) is 37.0 Å². The minimum Gasteiger partial charge on any atom is -0.309 e. The zero-order valence-corrected chi connectivity index (χ0v) is 12.4. The molecule has 1 aliphatic rings. The van der Waals surface area contributed by atoms with Crippen molar-refractivity contribution >= 4 is 11.8 Å². The summed E-state index contributed by atoms with van der Waals surface area (Å²) in [5, 5.41) is 3.66. The summed E-state index contributed by atoms with van der Waals surface area (Å²) in [6, 6.07) is 0.713.